The number of hydrogen-bond donors (Lipinski definition) is 2. The summed E-state index contributed by atoms with van der Waals surface area (Å²) in [6.45, 7) is 10.8. The molecule has 2 N–H and O–H groups in total. The van der Waals surface area contributed by atoms with Gasteiger partial charge in [0.15, 0.2) is 5.96 Å². The number of nitrogens with zero attached hydrogens (tertiary/aromatic N) is 3. The highest BCUT2D eigenvalue weighted by Crippen LogP contribution is 2.25. The van der Waals surface area contributed by atoms with Crippen LogP contribution in [-0.2, 0) is 0 Å². The smallest absolute Gasteiger partial charge is 0.396 e. The maximum atomic E-state index is 12.9. The van der Waals surface area contributed by atoms with Gasteiger partial charge in [0, 0.05) is 45.9 Å². The lowest BCUT2D eigenvalue weighted by molar-refractivity contribution is -0.181. The average molecular weight is 508 g/mol. The highest BCUT2D eigenvalue weighted by atomic mass is 127. The van der Waals surface area contributed by atoms with Gasteiger partial charge in [0.2, 0.25) is 0 Å². The van der Waals surface area contributed by atoms with Gasteiger partial charge < -0.3 is 15.3 Å². The van der Waals surface area contributed by atoms with Crippen LogP contribution in [0.1, 0.15) is 40.5 Å². The topological polar surface area (TPSA) is 51.1 Å². The van der Waals surface area contributed by atoms with Crippen LogP contribution in [0.3, 0.4) is 0 Å². The Morgan fingerprint density at radius 2 is 1.74 bits per heavy atom. The van der Waals surface area contributed by atoms with Gasteiger partial charge in [-0.05, 0) is 38.5 Å². The number of aliphatic imine (C=N–C) groups is 1. The molecule has 1 saturated heterocycles. The molecule has 0 saturated carbocycles. The van der Waals surface area contributed by atoms with E-state index in [0.29, 0.717) is 51.1 Å². The first-order valence-electron chi connectivity index (χ1n) is 9.63. The predicted molar refractivity (Wildman–Crippen MR) is 115 cm³/mol. The van der Waals surface area contributed by atoms with Gasteiger partial charge in [-0.15, -0.1) is 24.0 Å². The standard InChI is InChI=1S/C18H35F3N4O.HI/c1-5-22-17(23-13-16(6-11-26)12-14(2)3)25-9-7-24(8-10-25)15(4)18(19,20)21;/h14-16,26H,5-13H2,1-4H3,(H,22,23);1H. The molecular formula is C18H36F3IN4O. The molecular weight excluding hydrogens is 472 g/mol. The average Bonchev–Trinajstić information content (AvgIpc) is 2.57. The van der Waals surface area contributed by atoms with Crippen LogP contribution in [0.2, 0.25) is 0 Å². The Labute approximate surface area is 178 Å². The summed E-state index contributed by atoms with van der Waals surface area (Å²) in [5, 5.41) is 12.5. The predicted octanol–water partition coefficient (Wildman–Crippen LogP) is 3.18. The van der Waals surface area contributed by atoms with E-state index in [1.165, 1.54) is 11.8 Å². The second-order valence-electron chi connectivity index (χ2n) is 7.44. The molecule has 5 nitrogen and oxygen atoms in total. The molecule has 0 amide bonds. The van der Waals surface area contributed by atoms with Crippen molar-refractivity contribution in [2.75, 3.05) is 45.9 Å². The Morgan fingerprint density at radius 3 is 2.19 bits per heavy atom. The minimum Gasteiger partial charge on any atom is -0.396 e. The van der Waals surface area contributed by atoms with Crippen molar-refractivity contribution in [1.29, 1.82) is 0 Å². The molecule has 0 aromatic rings. The van der Waals surface area contributed by atoms with E-state index in [1.54, 1.807) is 0 Å². The van der Waals surface area contributed by atoms with Gasteiger partial charge >= 0.3 is 6.18 Å². The van der Waals surface area contributed by atoms with Crippen LogP contribution in [0, 0.1) is 11.8 Å². The van der Waals surface area contributed by atoms with Gasteiger partial charge in [0.25, 0.3) is 0 Å². The Hall–Kier alpha value is -0.290. The Morgan fingerprint density at radius 1 is 1.15 bits per heavy atom. The zero-order valence-corrected chi connectivity index (χ0v) is 19.3. The number of aliphatic hydroxyl groups is 1. The third-order valence-corrected chi connectivity index (χ3v) is 4.81. The molecule has 1 aliphatic rings. The number of aliphatic hydroxyl groups excluding tert-OH is 1. The maximum absolute atomic E-state index is 12.9. The Bertz CT molecular complexity index is 427. The number of halogens is 4. The van der Waals surface area contributed by atoms with Gasteiger partial charge in [0.1, 0.15) is 6.04 Å². The fourth-order valence-electron chi connectivity index (χ4n) is 3.30. The molecule has 27 heavy (non-hydrogen) atoms. The van der Waals surface area contributed by atoms with Crippen molar-refractivity contribution in [3.63, 3.8) is 0 Å². The van der Waals surface area contributed by atoms with Crippen LogP contribution in [-0.4, -0.2) is 79.0 Å². The van der Waals surface area contributed by atoms with Crippen molar-refractivity contribution in [2.24, 2.45) is 16.8 Å². The molecule has 1 aliphatic heterocycles. The molecule has 0 aromatic heterocycles. The summed E-state index contributed by atoms with van der Waals surface area (Å²) >= 11 is 0. The van der Waals surface area contributed by atoms with E-state index >= 15 is 0 Å². The van der Waals surface area contributed by atoms with Crippen LogP contribution < -0.4 is 5.32 Å². The van der Waals surface area contributed by atoms with Gasteiger partial charge in [-0.3, -0.25) is 9.89 Å². The van der Waals surface area contributed by atoms with Gasteiger partial charge in [-0.2, -0.15) is 13.2 Å². The summed E-state index contributed by atoms with van der Waals surface area (Å²) in [5.41, 5.74) is 0. The van der Waals surface area contributed by atoms with E-state index < -0.39 is 12.2 Å². The lowest BCUT2D eigenvalue weighted by Gasteiger charge is -2.39. The quantitative estimate of drug-likeness (QED) is 0.301. The second-order valence-corrected chi connectivity index (χ2v) is 7.44. The van der Waals surface area contributed by atoms with Crippen LogP contribution in [0.5, 0.6) is 0 Å². The lowest BCUT2D eigenvalue weighted by atomic mass is 9.94. The molecule has 0 aromatic carbocycles. The molecule has 9 heteroatoms. The number of alkyl halides is 3. The molecule has 162 valence electrons. The van der Waals surface area contributed by atoms with Crippen molar-refractivity contribution < 1.29 is 18.3 Å². The molecule has 2 unspecified atom stereocenters. The summed E-state index contributed by atoms with van der Waals surface area (Å²) in [5.74, 6) is 1.62. The number of hydrogen-bond acceptors (Lipinski definition) is 3. The number of rotatable bonds is 8. The first-order chi connectivity index (χ1) is 12.2. The zero-order valence-electron chi connectivity index (χ0n) is 16.9. The van der Waals surface area contributed by atoms with Gasteiger partial charge in [-0.1, -0.05) is 13.8 Å². The van der Waals surface area contributed by atoms with Crippen LogP contribution in [0.4, 0.5) is 13.2 Å². The largest absolute Gasteiger partial charge is 0.403 e. The molecule has 0 radical (unpaired) electrons. The fraction of sp³-hybridized carbons (Fsp3) is 0.944. The highest BCUT2D eigenvalue weighted by Gasteiger charge is 2.41. The van der Waals surface area contributed by atoms with E-state index in [4.69, 9.17) is 4.99 Å². The van der Waals surface area contributed by atoms with E-state index in [-0.39, 0.29) is 30.6 Å². The molecule has 1 rings (SSSR count). The van der Waals surface area contributed by atoms with Crippen molar-refractivity contribution in [1.82, 2.24) is 15.1 Å². The van der Waals surface area contributed by atoms with Gasteiger partial charge in [-0.25, -0.2) is 0 Å². The van der Waals surface area contributed by atoms with Crippen molar-refractivity contribution >= 4 is 29.9 Å². The van der Waals surface area contributed by atoms with E-state index in [1.807, 2.05) is 11.8 Å². The van der Waals surface area contributed by atoms with Crippen molar-refractivity contribution in [3.05, 3.63) is 0 Å². The molecule has 0 aliphatic carbocycles. The molecule has 1 heterocycles. The Balaban J connectivity index is 0.00000676. The first kappa shape index (κ1) is 26.7. The highest BCUT2D eigenvalue weighted by molar-refractivity contribution is 14.0. The van der Waals surface area contributed by atoms with Crippen LogP contribution in [0.15, 0.2) is 4.99 Å². The lowest BCUT2D eigenvalue weighted by Crippen LogP contribution is -2.56. The first-order valence-corrected chi connectivity index (χ1v) is 9.63. The van der Waals surface area contributed by atoms with Gasteiger partial charge in [0.05, 0.1) is 0 Å². The van der Waals surface area contributed by atoms with E-state index in [0.717, 1.165) is 18.8 Å². The summed E-state index contributed by atoms with van der Waals surface area (Å²) in [4.78, 5) is 8.22. The fourth-order valence-corrected chi connectivity index (χ4v) is 3.30. The summed E-state index contributed by atoms with van der Waals surface area (Å²) in [6, 6.07) is -1.41. The minimum absolute atomic E-state index is 0. The monoisotopic (exact) mass is 508 g/mol. The third-order valence-electron chi connectivity index (χ3n) is 4.81. The summed E-state index contributed by atoms with van der Waals surface area (Å²) in [7, 11) is 0. The van der Waals surface area contributed by atoms with Crippen LogP contribution >= 0.6 is 24.0 Å². The summed E-state index contributed by atoms with van der Waals surface area (Å²) in [6.07, 6.45) is -2.46. The van der Waals surface area contributed by atoms with Crippen LogP contribution in [0.25, 0.3) is 0 Å². The number of piperazine rings is 1. The van der Waals surface area contributed by atoms with E-state index in [9.17, 15) is 18.3 Å². The number of guanidine groups is 1. The van der Waals surface area contributed by atoms with Crippen molar-refractivity contribution in [2.45, 2.75) is 52.8 Å². The summed E-state index contributed by atoms with van der Waals surface area (Å²) < 4.78 is 38.7. The number of nitrogens with one attached hydrogen (secondary N) is 1. The molecule has 0 spiro atoms. The molecule has 1 fully saturated rings. The maximum Gasteiger partial charge on any atom is 0.403 e. The van der Waals surface area contributed by atoms with E-state index in [2.05, 4.69) is 19.2 Å². The minimum atomic E-state index is -4.19. The second kappa shape index (κ2) is 13.0. The molecule has 0 bridgehead atoms. The SMILES string of the molecule is CCNC(=NCC(CCO)CC(C)C)N1CCN(C(C)C(F)(F)F)CC1.I. The Kier molecular flexibility index (Phi) is 12.9. The normalized spacial score (nSPS) is 19.0. The molecule has 2 atom stereocenters. The van der Waals surface area contributed by atoms with Crippen molar-refractivity contribution in [3.8, 4) is 0 Å². The zero-order chi connectivity index (χ0) is 19.7. The third kappa shape index (κ3) is 9.65.